The first kappa shape index (κ1) is 9.41. The van der Waals surface area contributed by atoms with Crippen molar-refractivity contribution >= 4 is 22.2 Å². The molecule has 0 saturated heterocycles. The molecule has 0 amide bonds. The quantitative estimate of drug-likeness (QED) is 0.506. The van der Waals surface area contributed by atoms with E-state index in [9.17, 15) is 0 Å². The lowest BCUT2D eigenvalue weighted by atomic mass is 10.0. The number of nitrogens with zero attached hydrogens (tertiary/aromatic N) is 2. The zero-order valence-electron chi connectivity index (χ0n) is 9.33. The SMILES string of the molecule is c1cc(-c2ccc3ocnc3c2)c2ncoc2c1. The van der Waals surface area contributed by atoms with Crippen LogP contribution in [0.25, 0.3) is 33.3 Å². The van der Waals surface area contributed by atoms with E-state index in [0.29, 0.717) is 0 Å². The minimum Gasteiger partial charge on any atom is -0.443 e. The van der Waals surface area contributed by atoms with E-state index < -0.39 is 0 Å². The highest BCUT2D eigenvalue weighted by atomic mass is 16.3. The molecular formula is C14H8N2O2. The minimum absolute atomic E-state index is 0.783. The molecule has 0 bridgehead atoms. The summed E-state index contributed by atoms with van der Waals surface area (Å²) in [4.78, 5) is 8.41. The Kier molecular flexibility index (Phi) is 1.80. The van der Waals surface area contributed by atoms with Crippen LogP contribution >= 0.6 is 0 Å². The molecule has 0 atom stereocenters. The molecule has 86 valence electrons. The summed E-state index contributed by atoms with van der Waals surface area (Å²) in [5.74, 6) is 0. The summed E-state index contributed by atoms with van der Waals surface area (Å²) in [6.45, 7) is 0. The van der Waals surface area contributed by atoms with E-state index in [2.05, 4.69) is 9.97 Å². The van der Waals surface area contributed by atoms with E-state index in [4.69, 9.17) is 8.83 Å². The Morgan fingerprint density at radius 2 is 1.72 bits per heavy atom. The summed E-state index contributed by atoms with van der Waals surface area (Å²) in [6, 6.07) is 11.8. The van der Waals surface area contributed by atoms with Crippen molar-refractivity contribution in [3.8, 4) is 11.1 Å². The minimum atomic E-state index is 0.783. The topological polar surface area (TPSA) is 52.1 Å². The largest absolute Gasteiger partial charge is 0.443 e. The molecule has 0 aliphatic carbocycles. The molecule has 0 unspecified atom stereocenters. The van der Waals surface area contributed by atoms with E-state index >= 15 is 0 Å². The van der Waals surface area contributed by atoms with Gasteiger partial charge in [-0.2, -0.15) is 0 Å². The van der Waals surface area contributed by atoms with E-state index in [-0.39, 0.29) is 0 Å². The molecule has 0 spiro atoms. The van der Waals surface area contributed by atoms with Crippen LogP contribution in [0.3, 0.4) is 0 Å². The summed E-state index contributed by atoms with van der Waals surface area (Å²) in [5, 5.41) is 0. The highest BCUT2D eigenvalue weighted by molar-refractivity contribution is 5.92. The van der Waals surface area contributed by atoms with Gasteiger partial charge >= 0.3 is 0 Å². The summed E-state index contributed by atoms with van der Waals surface area (Å²) < 4.78 is 10.5. The van der Waals surface area contributed by atoms with Gasteiger partial charge in [0.25, 0.3) is 0 Å². The van der Waals surface area contributed by atoms with Gasteiger partial charge in [0.1, 0.15) is 11.0 Å². The molecule has 0 fully saturated rings. The van der Waals surface area contributed by atoms with E-state index in [1.807, 2.05) is 36.4 Å². The number of rotatable bonds is 1. The summed E-state index contributed by atoms with van der Waals surface area (Å²) >= 11 is 0. The lowest BCUT2D eigenvalue weighted by Crippen LogP contribution is -1.80. The van der Waals surface area contributed by atoms with Crippen molar-refractivity contribution < 1.29 is 8.83 Å². The van der Waals surface area contributed by atoms with E-state index in [1.165, 1.54) is 12.8 Å². The first-order valence-electron chi connectivity index (χ1n) is 5.58. The van der Waals surface area contributed by atoms with Crippen molar-refractivity contribution in [3.63, 3.8) is 0 Å². The third-order valence-corrected chi connectivity index (χ3v) is 3.00. The van der Waals surface area contributed by atoms with Crippen LogP contribution in [0.4, 0.5) is 0 Å². The van der Waals surface area contributed by atoms with Gasteiger partial charge in [0.15, 0.2) is 24.0 Å². The maximum absolute atomic E-state index is 5.31. The van der Waals surface area contributed by atoms with Crippen LogP contribution < -0.4 is 0 Å². The number of aromatic nitrogens is 2. The van der Waals surface area contributed by atoms with Crippen LogP contribution in [0.15, 0.2) is 58.0 Å². The van der Waals surface area contributed by atoms with Gasteiger partial charge in [0, 0.05) is 5.56 Å². The summed E-state index contributed by atoms with van der Waals surface area (Å²) in [5.41, 5.74) is 5.36. The number of oxazole rings is 2. The standard InChI is InChI=1S/C14H8N2O2/c1-2-10(14-13(3-1)18-8-16-14)9-4-5-12-11(6-9)15-7-17-12/h1-8H. The van der Waals surface area contributed by atoms with Crippen LogP contribution in [0, 0.1) is 0 Å². The van der Waals surface area contributed by atoms with Crippen LogP contribution in [0.2, 0.25) is 0 Å². The normalized spacial score (nSPS) is 11.3. The molecule has 2 aromatic heterocycles. The number of hydrogen-bond acceptors (Lipinski definition) is 4. The summed E-state index contributed by atoms with van der Waals surface area (Å²) in [6.07, 6.45) is 2.91. The Hall–Kier alpha value is -2.62. The predicted octanol–water partition coefficient (Wildman–Crippen LogP) is 3.64. The van der Waals surface area contributed by atoms with Gasteiger partial charge < -0.3 is 8.83 Å². The average Bonchev–Trinajstić information content (AvgIpc) is 3.05. The lowest BCUT2D eigenvalue weighted by molar-refractivity contribution is 0.602. The van der Waals surface area contributed by atoms with Crippen molar-refractivity contribution in [2.24, 2.45) is 0 Å². The van der Waals surface area contributed by atoms with Gasteiger partial charge in [-0.15, -0.1) is 0 Å². The molecule has 0 radical (unpaired) electrons. The molecular weight excluding hydrogens is 228 g/mol. The molecule has 4 rings (SSSR count). The monoisotopic (exact) mass is 236 g/mol. The number of benzene rings is 2. The number of hydrogen-bond donors (Lipinski definition) is 0. The second-order valence-corrected chi connectivity index (χ2v) is 4.04. The van der Waals surface area contributed by atoms with Crippen LogP contribution in [0.1, 0.15) is 0 Å². The molecule has 0 N–H and O–H groups in total. The Morgan fingerprint density at radius 3 is 2.72 bits per heavy atom. The van der Waals surface area contributed by atoms with Crippen molar-refractivity contribution in [2.45, 2.75) is 0 Å². The third-order valence-electron chi connectivity index (χ3n) is 3.00. The van der Waals surface area contributed by atoms with Crippen molar-refractivity contribution in [3.05, 3.63) is 49.2 Å². The zero-order chi connectivity index (χ0) is 11.9. The number of para-hydroxylation sites is 1. The molecule has 2 aromatic carbocycles. The molecule has 0 aliphatic heterocycles. The van der Waals surface area contributed by atoms with Gasteiger partial charge in [0.2, 0.25) is 0 Å². The smallest absolute Gasteiger partial charge is 0.182 e. The molecule has 18 heavy (non-hydrogen) atoms. The van der Waals surface area contributed by atoms with Gasteiger partial charge in [0.05, 0.1) is 0 Å². The summed E-state index contributed by atoms with van der Waals surface area (Å²) in [7, 11) is 0. The first-order chi connectivity index (χ1) is 8.92. The lowest BCUT2D eigenvalue weighted by Gasteiger charge is -2.01. The fourth-order valence-electron chi connectivity index (χ4n) is 2.14. The maximum Gasteiger partial charge on any atom is 0.182 e. The first-order valence-corrected chi connectivity index (χ1v) is 5.58. The molecule has 2 heterocycles. The molecule has 4 aromatic rings. The second kappa shape index (κ2) is 3.43. The number of fused-ring (bicyclic) bond motifs is 2. The fraction of sp³-hybridized carbons (Fsp3) is 0. The Bertz CT molecular complexity index is 845. The van der Waals surface area contributed by atoms with E-state index in [1.54, 1.807) is 0 Å². The van der Waals surface area contributed by atoms with Crippen LogP contribution in [0.5, 0.6) is 0 Å². The average molecular weight is 236 g/mol. The van der Waals surface area contributed by atoms with Crippen molar-refractivity contribution in [1.29, 1.82) is 0 Å². The highest BCUT2D eigenvalue weighted by Gasteiger charge is 2.08. The van der Waals surface area contributed by atoms with Gasteiger partial charge in [-0.3, -0.25) is 0 Å². The third kappa shape index (κ3) is 1.26. The zero-order valence-corrected chi connectivity index (χ0v) is 9.33. The Morgan fingerprint density at radius 1 is 0.833 bits per heavy atom. The molecule has 0 aliphatic rings. The van der Waals surface area contributed by atoms with Gasteiger partial charge in [-0.25, -0.2) is 9.97 Å². The fourth-order valence-corrected chi connectivity index (χ4v) is 2.14. The van der Waals surface area contributed by atoms with Gasteiger partial charge in [-0.1, -0.05) is 18.2 Å². The van der Waals surface area contributed by atoms with Crippen LogP contribution in [-0.4, -0.2) is 9.97 Å². The molecule has 0 saturated carbocycles. The van der Waals surface area contributed by atoms with Crippen LogP contribution in [-0.2, 0) is 0 Å². The van der Waals surface area contributed by atoms with Gasteiger partial charge in [-0.05, 0) is 23.8 Å². The highest BCUT2D eigenvalue weighted by Crippen LogP contribution is 2.29. The predicted molar refractivity (Wildman–Crippen MR) is 67.0 cm³/mol. The van der Waals surface area contributed by atoms with E-state index in [0.717, 1.165) is 33.3 Å². The molecule has 4 heteroatoms. The van der Waals surface area contributed by atoms with Crippen molar-refractivity contribution in [1.82, 2.24) is 9.97 Å². The molecule has 4 nitrogen and oxygen atoms in total. The second-order valence-electron chi connectivity index (χ2n) is 4.04. The Balaban J connectivity index is 2.03. The van der Waals surface area contributed by atoms with Crippen molar-refractivity contribution in [2.75, 3.05) is 0 Å². The Labute approximate surface area is 102 Å². The maximum atomic E-state index is 5.31.